The van der Waals surface area contributed by atoms with Gasteiger partial charge in [-0.25, -0.2) is 0 Å². The third-order valence-corrected chi connectivity index (χ3v) is 2.49. The molecule has 2 N–H and O–H groups in total. The third kappa shape index (κ3) is 3.56. The van der Waals surface area contributed by atoms with Crippen LogP contribution in [0.3, 0.4) is 0 Å². The first-order chi connectivity index (χ1) is 9.34. The van der Waals surface area contributed by atoms with Gasteiger partial charge in [-0.05, 0) is 12.5 Å². The van der Waals surface area contributed by atoms with E-state index in [9.17, 15) is 18.0 Å². The monoisotopic (exact) mass is 284 g/mol. The van der Waals surface area contributed by atoms with Crippen LogP contribution in [0, 0.1) is 6.92 Å². The zero-order valence-corrected chi connectivity index (χ0v) is 10.5. The summed E-state index contributed by atoms with van der Waals surface area (Å²) in [5, 5.41) is 7.22. The van der Waals surface area contributed by atoms with Gasteiger partial charge in [0.25, 0.3) is 0 Å². The van der Waals surface area contributed by atoms with E-state index >= 15 is 0 Å². The second-order valence-corrected chi connectivity index (χ2v) is 4.22. The molecule has 0 atom stereocenters. The Hall–Kier alpha value is -2.38. The number of nitrogens with one attached hydrogen (secondary N) is 2. The maximum Gasteiger partial charge on any atom is 0.451 e. The molecular formula is C12H11F3N4O. The fourth-order valence-corrected chi connectivity index (χ4v) is 1.50. The summed E-state index contributed by atoms with van der Waals surface area (Å²) in [7, 11) is 0. The largest absolute Gasteiger partial charge is 0.451 e. The number of anilines is 1. The summed E-state index contributed by atoms with van der Waals surface area (Å²) in [6, 6.07) is 7.23. The lowest BCUT2D eigenvalue weighted by Gasteiger charge is -2.02. The molecule has 20 heavy (non-hydrogen) atoms. The van der Waals surface area contributed by atoms with Crippen molar-refractivity contribution in [1.82, 2.24) is 15.2 Å². The molecule has 2 rings (SSSR count). The van der Waals surface area contributed by atoms with E-state index in [4.69, 9.17) is 0 Å². The lowest BCUT2D eigenvalue weighted by molar-refractivity contribution is -0.144. The Morgan fingerprint density at radius 1 is 1.30 bits per heavy atom. The summed E-state index contributed by atoms with van der Waals surface area (Å²) < 4.78 is 36.8. The second-order valence-electron chi connectivity index (χ2n) is 4.22. The number of hydrogen-bond donors (Lipinski definition) is 2. The van der Waals surface area contributed by atoms with Gasteiger partial charge in [0.15, 0.2) is 0 Å². The molecule has 1 aromatic heterocycles. The van der Waals surface area contributed by atoms with E-state index in [1.54, 1.807) is 17.2 Å². The van der Waals surface area contributed by atoms with Gasteiger partial charge in [0.1, 0.15) is 0 Å². The zero-order valence-electron chi connectivity index (χ0n) is 10.5. The molecule has 106 valence electrons. The number of halogens is 3. The van der Waals surface area contributed by atoms with Crippen molar-refractivity contribution in [2.75, 3.05) is 5.32 Å². The molecule has 8 heteroatoms. The van der Waals surface area contributed by atoms with Crippen molar-refractivity contribution in [3.63, 3.8) is 0 Å². The van der Waals surface area contributed by atoms with Crippen LogP contribution in [-0.4, -0.2) is 21.1 Å². The van der Waals surface area contributed by atoms with E-state index in [-0.39, 0.29) is 6.42 Å². The van der Waals surface area contributed by atoms with Crippen molar-refractivity contribution in [3.8, 4) is 0 Å². The average molecular weight is 284 g/mol. The van der Waals surface area contributed by atoms with Crippen molar-refractivity contribution < 1.29 is 18.0 Å². The van der Waals surface area contributed by atoms with Gasteiger partial charge in [0, 0.05) is 0 Å². The maximum absolute atomic E-state index is 12.3. The minimum Gasteiger partial charge on any atom is -0.293 e. The summed E-state index contributed by atoms with van der Waals surface area (Å²) >= 11 is 0. The van der Waals surface area contributed by atoms with Gasteiger partial charge in [-0.3, -0.25) is 15.2 Å². The highest BCUT2D eigenvalue weighted by molar-refractivity contribution is 5.90. The maximum atomic E-state index is 12.3. The molecule has 0 aliphatic rings. The number of hydrogen-bond acceptors (Lipinski definition) is 3. The van der Waals surface area contributed by atoms with Gasteiger partial charge < -0.3 is 0 Å². The quantitative estimate of drug-likeness (QED) is 0.908. The van der Waals surface area contributed by atoms with Crippen LogP contribution in [0.2, 0.25) is 0 Å². The molecule has 1 amide bonds. The normalized spacial score (nSPS) is 11.4. The van der Waals surface area contributed by atoms with Crippen molar-refractivity contribution in [1.29, 1.82) is 0 Å². The number of amides is 1. The molecule has 1 heterocycles. The highest BCUT2D eigenvalue weighted by atomic mass is 19.4. The SMILES string of the molecule is Cc1ccc(CC(=O)Nc2n[nH]c(C(F)(F)F)n2)cc1. The number of nitrogens with zero attached hydrogens (tertiary/aromatic N) is 2. The fraction of sp³-hybridized carbons (Fsp3) is 0.250. The number of carbonyl (C=O) groups excluding carboxylic acids is 1. The fourth-order valence-electron chi connectivity index (χ4n) is 1.50. The highest BCUT2D eigenvalue weighted by Crippen LogP contribution is 2.26. The third-order valence-electron chi connectivity index (χ3n) is 2.49. The molecule has 0 unspecified atom stereocenters. The van der Waals surface area contributed by atoms with Gasteiger partial charge in [0.2, 0.25) is 17.7 Å². The van der Waals surface area contributed by atoms with Crippen LogP contribution in [0.5, 0.6) is 0 Å². The smallest absolute Gasteiger partial charge is 0.293 e. The van der Waals surface area contributed by atoms with E-state index in [2.05, 4.69) is 15.4 Å². The number of aromatic amines is 1. The van der Waals surface area contributed by atoms with E-state index in [1.165, 1.54) is 0 Å². The Balaban J connectivity index is 1.98. The van der Waals surface area contributed by atoms with Gasteiger partial charge in [-0.1, -0.05) is 29.8 Å². The number of H-pyrrole nitrogens is 1. The number of alkyl halides is 3. The Kier molecular flexibility index (Phi) is 3.73. The van der Waals surface area contributed by atoms with Gasteiger partial charge in [0.05, 0.1) is 6.42 Å². The molecule has 0 bridgehead atoms. The van der Waals surface area contributed by atoms with Crippen molar-refractivity contribution in [2.45, 2.75) is 19.5 Å². The number of rotatable bonds is 3. The van der Waals surface area contributed by atoms with E-state index in [0.29, 0.717) is 0 Å². The number of aromatic nitrogens is 3. The first-order valence-electron chi connectivity index (χ1n) is 5.69. The number of benzene rings is 1. The Labute approximate surface area is 112 Å². The van der Waals surface area contributed by atoms with Crippen LogP contribution in [0.25, 0.3) is 0 Å². The van der Waals surface area contributed by atoms with E-state index < -0.39 is 23.9 Å². The molecule has 0 fully saturated rings. The van der Waals surface area contributed by atoms with Gasteiger partial charge in [-0.2, -0.15) is 18.2 Å². The summed E-state index contributed by atoms with van der Waals surface area (Å²) in [5.74, 6) is -2.13. The Morgan fingerprint density at radius 2 is 1.95 bits per heavy atom. The molecule has 0 aliphatic carbocycles. The molecule has 2 aromatic rings. The van der Waals surface area contributed by atoms with Crippen LogP contribution in [-0.2, 0) is 17.4 Å². The minimum absolute atomic E-state index is 0.0379. The van der Waals surface area contributed by atoms with Gasteiger partial charge in [-0.15, -0.1) is 5.10 Å². The molecular weight excluding hydrogens is 273 g/mol. The van der Waals surface area contributed by atoms with Crippen LogP contribution >= 0.6 is 0 Å². The lowest BCUT2D eigenvalue weighted by Crippen LogP contribution is -2.15. The molecule has 0 saturated heterocycles. The molecule has 0 saturated carbocycles. The Morgan fingerprint density at radius 3 is 2.50 bits per heavy atom. The van der Waals surface area contributed by atoms with Crippen LogP contribution in [0.4, 0.5) is 19.1 Å². The summed E-state index contributed by atoms with van der Waals surface area (Å²) in [6.07, 6.45) is -4.58. The second kappa shape index (κ2) is 5.32. The summed E-state index contributed by atoms with van der Waals surface area (Å²) in [6.45, 7) is 1.91. The van der Waals surface area contributed by atoms with Crippen molar-refractivity contribution >= 4 is 11.9 Å². The van der Waals surface area contributed by atoms with E-state index in [1.807, 2.05) is 19.1 Å². The summed E-state index contributed by atoms with van der Waals surface area (Å²) in [4.78, 5) is 14.8. The molecule has 0 aliphatic heterocycles. The number of carbonyl (C=O) groups is 1. The van der Waals surface area contributed by atoms with E-state index in [0.717, 1.165) is 11.1 Å². The first-order valence-corrected chi connectivity index (χ1v) is 5.69. The predicted octanol–water partition coefficient (Wildman–Crippen LogP) is 2.31. The average Bonchev–Trinajstić information content (AvgIpc) is 2.80. The van der Waals surface area contributed by atoms with Crippen molar-refractivity contribution in [3.05, 3.63) is 41.2 Å². The van der Waals surface area contributed by atoms with Crippen LogP contribution in [0.1, 0.15) is 17.0 Å². The lowest BCUT2D eigenvalue weighted by atomic mass is 10.1. The Bertz CT molecular complexity index is 604. The molecule has 0 spiro atoms. The minimum atomic E-state index is -4.62. The van der Waals surface area contributed by atoms with Crippen molar-refractivity contribution in [2.24, 2.45) is 0 Å². The summed E-state index contributed by atoms with van der Waals surface area (Å²) in [5.41, 5.74) is 1.80. The molecule has 5 nitrogen and oxygen atoms in total. The standard InChI is InChI=1S/C12H11F3N4O/c1-7-2-4-8(5-3-7)6-9(20)16-11-17-10(18-19-11)12(13,14)15/h2-5H,6H2,1H3,(H2,16,17,18,19,20). The van der Waals surface area contributed by atoms with Crippen LogP contribution < -0.4 is 5.32 Å². The molecule has 0 radical (unpaired) electrons. The topological polar surface area (TPSA) is 70.7 Å². The van der Waals surface area contributed by atoms with Gasteiger partial charge >= 0.3 is 6.18 Å². The zero-order chi connectivity index (χ0) is 14.8. The number of aryl methyl sites for hydroxylation is 1. The highest BCUT2D eigenvalue weighted by Gasteiger charge is 2.35. The predicted molar refractivity (Wildman–Crippen MR) is 64.9 cm³/mol. The van der Waals surface area contributed by atoms with Crippen LogP contribution in [0.15, 0.2) is 24.3 Å². The first kappa shape index (κ1) is 14.0. The molecule has 1 aromatic carbocycles.